The third-order valence-corrected chi connectivity index (χ3v) is 27.5. The molecular formula is C89H137Br5ClN7O15S6. The first-order valence-corrected chi connectivity index (χ1v) is 53.3. The molecule has 7 N–H and O–H groups in total. The van der Waals surface area contributed by atoms with Gasteiger partial charge >= 0.3 is 18.3 Å². The topological polar surface area (TPSA) is 308 Å². The summed E-state index contributed by atoms with van der Waals surface area (Å²) in [7, 11) is -6.73. The second kappa shape index (κ2) is 64.1. The highest BCUT2D eigenvalue weighted by atomic mass is 79.9. The summed E-state index contributed by atoms with van der Waals surface area (Å²) in [4.78, 5) is 78.2. The Balaban J connectivity index is 0.000000722. The van der Waals surface area contributed by atoms with E-state index in [1.165, 1.54) is 19.6 Å². The summed E-state index contributed by atoms with van der Waals surface area (Å²) in [6.07, 6.45) is 7.56. The first-order chi connectivity index (χ1) is 57.5. The molecule has 22 nitrogen and oxygen atoms in total. The molecule has 34 heteroatoms. The average molecular weight is 2170 g/mol. The lowest BCUT2D eigenvalue weighted by atomic mass is 10.1. The maximum Gasteiger partial charge on any atom is 0.407 e. The number of halogens is 6. The molecule has 0 radical (unpaired) electrons. The summed E-state index contributed by atoms with van der Waals surface area (Å²) in [6, 6.07) is 40.0. The third-order valence-electron chi connectivity index (χ3n) is 16.7. The van der Waals surface area contributed by atoms with E-state index < -0.39 is 48.9 Å². The second-order valence-corrected chi connectivity index (χ2v) is 46.6. The van der Waals surface area contributed by atoms with E-state index in [1.807, 2.05) is 120 Å². The Morgan fingerprint density at radius 1 is 0.463 bits per heavy atom. The van der Waals surface area contributed by atoms with Crippen molar-refractivity contribution in [2.24, 2.45) is 47.2 Å². The van der Waals surface area contributed by atoms with Crippen molar-refractivity contribution in [3.8, 4) is 0 Å². The van der Waals surface area contributed by atoms with Gasteiger partial charge in [0.15, 0.2) is 9.84 Å². The molecule has 2 heterocycles. The Labute approximate surface area is 800 Å². The molecule has 696 valence electrons. The number of sulfone groups is 1. The standard InChI is InChI=1S/C15H21BrClNOS.C15H20BrNO3S.C15H22BrNO2S.C15H20BrNOS.C10H14BrNS.C10H21NO5S.C9H19NO3/c1-12(10-18-15(19)4-2-3-9-17)11-20-14-7-5-13(16)6-8-14;1-12(10-17-9-3-2-4-15(17)18)11-21(19,20)14-7-5-13(16)6-8-14;1-11(9-17-14(18)19-15(2,3)4)10-20-13-7-5-12(16)6-8-13;1-12(10-17-9-3-2-4-15(17)18)11-19-14-7-5-13(16)6-8-14;1-8(6-12)7-13-10-4-2-9(11)3-5-10;1-8(7-15-17(5,13)14)6-11-9(12)16-10(2,3)4;1-7(6-11)5-10-8(12)13-9(2,3)4/h5-8,12H,2-4,9-11H2,1H3,(H,18,19);5-8,12H,2-4,9-11H2,1H3;5-8,11H,9-10H2,1-4H3,(H,17,18);5-8,12H,2-4,9-11H2,1H3;2-5,8H,6-7,12H2,1H3;8H,6-7H2,1-5H3,(H,11,12);7,11H,5-6H2,1-4H3,(H,10,12)/t2*12-;11-;12-;2*8-;7-/m1111111/s1. The van der Waals surface area contributed by atoms with Crippen LogP contribution in [0, 0.1) is 41.4 Å². The molecule has 123 heavy (non-hydrogen) atoms. The monoisotopic (exact) mass is 2170 g/mol. The zero-order chi connectivity index (χ0) is 92.9. The van der Waals surface area contributed by atoms with Crippen LogP contribution in [0.4, 0.5) is 14.4 Å². The predicted octanol–water partition coefficient (Wildman–Crippen LogP) is 21.9. The van der Waals surface area contributed by atoms with Crippen molar-refractivity contribution >= 4 is 194 Å². The maximum atomic E-state index is 12.4. The van der Waals surface area contributed by atoms with Gasteiger partial charge in [-0.2, -0.15) is 8.42 Å². The summed E-state index contributed by atoms with van der Waals surface area (Å²) >= 11 is 29.9. The molecule has 7 atom stereocenters. The van der Waals surface area contributed by atoms with E-state index in [0.717, 1.165) is 129 Å². The van der Waals surface area contributed by atoms with Gasteiger partial charge in [0.1, 0.15) is 16.8 Å². The molecule has 7 rings (SSSR count). The largest absolute Gasteiger partial charge is 0.444 e. The minimum atomic E-state index is -3.43. The van der Waals surface area contributed by atoms with Crippen LogP contribution in [0.2, 0.25) is 0 Å². The molecule has 2 fully saturated rings. The Kier molecular flexibility index (Phi) is 61.0. The smallest absolute Gasteiger partial charge is 0.407 e. The third kappa shape index (κ3) is 64.6. The molecule has 0 aromatic heterocycles. The molecule has 5 aromatic carbocycles. The number of rotatable bonds is 36. The number of nitrogens with zero attached hydrogens (tertiary/aromatic N) is 2. The summed E-state index contributed by atoms with van der Waals surface area (Å²) in [5.41, 5.74) is 4.08. The number of piperidine rings is 2. The fraction of sp³-hybridized carbons (Fsp3) is 0.596. The second-order valence-electron chi connectivity index (χ2n) is 33.6. The number of nitrogens with one attached hydrogen (secondary N) is 4. The molecule has 5 aromatic rings. The van der Waals surface area contributed by atoms with Crippen molar-refractivity contribution in [1.82, 2.24) is 31.1 Å². The molecule has 0 saturated carbocycles. The number of aliphatic hydroxyl groups excluding tert-OH is 1. The van der Waals surface area contributed by atoms with Gasteiger partial charge in [0, 0.05) is 149 Å². The van der Waals surface area contributed by atoms with Crippen molar-refractivity contribution in [3.05, 3.63) is 144 Å². The number of alkyl carbamates (subject to hydrolysis) is 3. The van der Waals surface area contributed by atoms with Crippen LogP contribution in [0.5, 0.6) is 0 Å². The number of carbonyl (C=O) groups excluding carboxylic acids is 6. The fourth-order valence-corrected chi connectivity index (χ4v) is 17.5. The van der Waals surface area contributed by atoms with Gasteiger partial charge in [-0.3, -0.25) is 18.6 Å². The number of aliphatic hydroxyl groups is 1. The van der Waals surface area contributed by atoms with Crippen LogP contribution in [0.15, 0.2) is 168 Å². The van der Waals surface area contributed by atoms with Gasteiger partial charge < -0.3 is 56.1 Å². The molecule has 0 bridgehead atoms. The van der Waals surface area contributed by atoms with Crippen LogP contribution in [0.25, 0.3) is 0 Å². The van der Waals surface area contributed by atoms with E-state index in [0.29, 0.717) is 79.4 Å². The van der Waals surface area contributed by atoms with Crippen LogP contribution >= 0.6 is 138 Å². The highest BCUT2D eigenvalue weighted by Gasteiger charge is 2.26. The first kappa shape index (κ1) is 117. The highest BCUT2D eigenvalue weighted by Crippen LogP contribution is 2.28. The van der Waals surface area contributed by atoms with Crippen molar-refractivity contribution in [1.29, 1.82) is 0 Å². The number of hydrogen-bond donors (Lipinski definition) is 6. The van der Waals surface area contributed by atoms with Crippen LogP contribution in [-0.2, 0) is 52.7 Å². The van der Waals surface area contributed by atoms with Crippen LogP contribution in [0.1, 0.15) is 169 Å². The minimum Gasteiger partial charge on any atom is -0.444 e. The molecular weight excluding hydrogens is 2030 g/mol. The van der Waals surface area contributed by atoms with Crippen molar-refractivity contribution in [2.75, 3.05) is 113 Å². The number of amides is 6. The van der Waals surface area contributed by atoms with E-state index in [2.05, 4.69) is 206 Å². The normalized spacial score (nSPS) is 14.6. The number of alkyl halides is 1. The van der Waals surface area contributed by atoms with Crippen molar-refractivity contribution in [3.63, 3.8) is 0 Å². The molecule has 0 unspecified atom stereocenters. The highest BCUT2D eigenvalue weighted by molar-refractivity contribution is 9.11. The zero-order valence-electron chi connectivity index (χ0n) is 74.8. The number of likely N-dealkylation sites (tertiary alicyclic amines) is 2. The lowest BCUT2D eigenvalue weighted by Crippen LogP contribution is -2.39. The van der Waals surface area contributed by atoms with Gasteiger partial charge in [0.05, 0.1) is 23.5 Å². The SMILES string of the molecule is C[C@@H](CO)CNC(=O)OC(C)(C)C.C[C@@H](CSc1ccc(Br)cc1)CN1CCCCC1=O.C[C@H](CN)CSc1ccc(Br)cc1.C[C@H](CN1CCCCC1=O)CS(=O)(=O)c1ccc(Br)cc1.C[C@H](CNC(=O)CCCCCl)CSc1ccc(Br)cc1.C[C@H](CNC(=O)OC(C)(C)C)COS(C)(=O)=O.C[C@H](CNC(=O)OC(C)(C)C)CSc1ccc(Br)cc1. The predicted molar refractivity (Wildman–Crippen MR) is 528 cm³/mol. The summed E-state index contributed by atoms with van der Waals surface area (Å²) in [5.74, 6) is 7.29. The Morgan fingerprint density at radius 2 is 0.780 bits per heavy atom. The number of unbranched alkanes of at least 4 members (excludes halogenated alkanes) is 1. The lowest BCUT2D eigenvalue weighted by molar-refractivity contribution is -0.134. The van der Waals surface area contributed by atoms with Gasteiger partial charge in [-0.15, -0.1) is 58.6 Å². The van der Waals surface area contributed by atoms with Gasteiger partial charge in [-0.1, -0.05) is 128 Å². The molecule has 0 aliphatic carbocycles. The number of benzene rings is 5. The van der Waals surface area contributed by atoms with E-state index in [-0.39, 0.29) is 54.6 Å². The summed E-state index contributed by atoms with van der Waals surface area (Å²) in [5, 5.41) is 19.6. The summed E-state index contributed by atoms with van der Waals surface area (Å²) in [6.45, 7) is 36.6. The molecule has 2 saturated heterocycles. The summed E-state index contributed by atoms with van der Waals surface area (Å²) < 4.78 is 71.3. The Morgan fingerprint density at radius 3 is 1.11 bits per heavy atom. The van der Waals surface area contributed by atoms with Crippen LogP contribution < -0.4 is 27.0 Å². The number of thioether (sulfide) groups is 4. The van der Waals surface area contributed by atoms with Crippen molar-refractivity contribution < 1.29 is 69.1 Å². The number of hydrogen-bond acceptors (Lipinski definition) is 20. The van der Waals surface area contributed by atoms with Crippen LogP contribution in [0.3, 0.4) is 0 Å². The first-order valence-electron chi connectivity index (χ1n) is 41.4. The number of nitrogens with two attached hydrogens (primary N) is 1. The van der Waals surface area contributed by atoms with Crippen molar-refractivity contribution in [2.45, 2.75) is 210 Å². The molecule has 2 aliphatic rings. The van der Waals surface area contributed by atoms with E-state index in [4.69, 9.17) is 36.7 Å². The maximum absolute atomic E-state index is 12.4. The fourth-order valence-electron chi connectivity index (χ4n) is 10.2. The van der Waals surface area contributed by atoms with Crippen LogP contribution in [-0.4, -0.2) is 198 Å². The van der Waals surface area contributed by atoms with Gasteiger partial charge in [0.2, 0.25) is 17.7 Å². The molecule has 0 spiro atoms. The number of ether oxygens (including phenoxy) is 3. The quantitative estimate of drug-likeness (QED) is 0.00713. The van der Waals surface area contributed by atoms with Gasteiger partial charge in [-0.25, -0.2) is 22.8 Å². The van der Waals surface area contributed by atoms with Gasteiger partial charge in [0.25, 0.3) is 10.1 Å². The number of carbonyl (C=O) groups is 6. The zero-order valence-corrected chi connectivity index (χ0v) is 88.4. The van der Waals surface area contributed by atoms with Gasteiger partial charge in [-0.05, 0) is 270 Å². The minimum absolute atomic E-state index is 0.0363. The Hall–Kier alpha value is -3.81. The van der Waals surface area contributed by atoms with E-state index in [9.17, 15) is 45.6 Å². The van der Waals surface area contributed by atoms with E-state index >= 15 is 0 Å². The van der Waals surface area contributed by atoms with E-state index in [1.54, 1.807) is 68.6 Å². The molecule has 6 amide bonds. The lowest BCUT2D eigenvalue weighted by Gasteiger charge is -2.29. The average Bonchev–Trinajstić information content (AvgIpc) is 0.831. The molecule has 2 aliphatic heterocycles. The Bertz CT molecular complexity index is 4030.